The molecule has 1 N–H and O–H groups in total. The molecule has 0 radical (unpaired) electrons. The number of nitrogens with zero attached hydrogens (tertiary/aromatic N) is 3. The molecule has 0 bridgehead atoms. The Balaban J connectivity index is 1.90. The van der Waals surface area contributed by atoms with Crippen LogP contribution in [0.1, 0.15) is 18.4 Å². The van der Waals surface area contributed by atoms with Crippen LogP contribution in [0.25, 0.3) is 0 Å². The third-order valence-electron chi connectivity index (χ3n) is 3.28. The molecule has 1 aliphatic heterocycles. The van der Waals surface area contributed by atoms with Crippen LogP contribution in [0.2, 0.25) is 0 Å². The summed E-state index contributed by atoms with van der Waals surface area (Å²) in [4.78, 5) is 24.6. The van der Waals surface area contributed by atoms with E-state index in [1.807, 2.05) is 13.1 Å². The van der Waals surface area contributed by atoms with Gasteiger partial charge in [-0.3, -0.25) is 14.3 Å². The van der Waals surface area contributed by atoms with E-state index in [9.17, 15) is 9.59 Å². The standard InChI is InChI=1S/C13H19N3O4/c1-10-7-14-15(8-10)3-2-12(17)16-4-5-20-9-11(16)6-13(18)19/h7-8,11H,2-6,9H2,1H3,(H,18,19)/t11-/m1/s1. The number of aromatic nitrogens is 2. The molecule has 1 aliphatic rings. The topological polar surface area (TPSA) is 84.7 Å². The van der Waals surface area contributed by atoms with Gasteiger partial charge in [0.25, 0.3) is 0 Å². The van der Waals surface area contributed by atoms with Gasteiger partial charge in [-0.05, 0) is 12.5 Å². The third kappa shape index (κ3) is 3.80. The molecule has 2 rings (SSSR count). The van der Waals surface area contributed by atoms with E-state index in [2.05, 4.69) is 5.10 Å². The minimum absolute atomic E-state index is 0.0484. The summed E-state index contributed by atoms with van der Waals surface area (Å²) in [5.74, 6) is -0.964. The number of amides is 1. The number of carboxylic acid groups (broad SMARTS) is 1. The monoisotopic (exact) mass is 281 g/mol. The number of carbonyl (C=O) groups is 2. The number of ether oxygens (including phenoxy) is 1. The molecule has 0 aliphatic carbocycles. The van der Waals surface area contributed by atoms with Crippen molar-refractivity contribution in [2.75, 3.05) is 19.8 Å². The predicted molar refractivity (Wildman–Crippen MR) is 70.2 cm³/mol. The van der Waals surface area contributed by atoms with E-state index < -0.39 is 5.97 Å². The van der Waals surface area contributed by atoms with Gasteiger partial charge >= 0.3 is 5.97 Å². The first-order chi connectivity index (χ1) is 9.56. The largest absolute Gasteiger partial charge is 0.481 e. The zero-order valence-electron chi connectivity index (χ0n) is 11.5. The maximum atomic E-state index is 12.2. The van der Waals surface area contributed by atoms with Crippen LogP contribution in [0.15, 0.2) is 12.4 Å². The number of rotatable bonds is 5. The SMILES string of the molecule is Cc1cnn(CCC(=O)N2CCOC[C@H]2CC(=O)O)c1. The fraction of sp³-hybridized carbons (Fsp3) is 0.615. The number of aliphatic carboxylic acids is 1. The van der Waals surface area contributed by atoms with E-state index in [0.29, 0.717) is 32.7 Å². The molecule has 2 heterocycles. The fourth-order valence-electron chi connectivity index (χ4n) is 2.30. The summed E-state index contributed by atoms with van der Waals surface area (Å²) < 4.78 is 6.98. The molecular weight excluding hydrogens is 262 g/mol. The smallest absolute Gasteiger partial charge is 0.305 e. The van der Waals surface area contributed by atoms with E-state index in [1.165, 1.54) is 0 Å². The molecular formula is C13H19N3O4. The number of hydrogen-bond donors (Lipinski definition) is 1. The van der Waals surface area contributed by atoms with Gasteiger partial charge in [-0.15, -0.1) is 0 Å². The summed E-state index contributed by atoms with van der Waals surface area (Å²) in [7, 11) is 0. The minimum Gasteiger partial charge on any atom is -0.481 e. The van der Waals surface area contributed by atoms with Crippen LogP contribution in [0.3, 0.4) is 0 Å². The van der Waals surface area contributed by atoms with Crippen LogP contribution in [-0.4, -0.2) is 57.5 Å². The molecule has 0 saturated carbocycles. The molecule has 7 nitrogen and oxygen atoms in total. The first-order valence-electron chi connectivity index (χ1n) is 6.64. The molecule has 1 atom stereocenters. The Bertz CT molecular complexity index is 486. The van der Waals surface area contributed by atoms with E-state index in [-0.39, 0.29) is 18.4 Å². The van der Waals surface area contributed by atoms with Crippen molar-refractivity contribution < 1.29 is 19.4 Å². The highest BCUT2D eigenvalue weighted by Gasteiger charge is 2.28. The van der Waals surface area contributed by atoms with Crippen LogP contribution < -0.4 is 0 Å². The highest BCUT2D eigenvalue weighted by atomic mass is 16.5. The molecule has 1 fully saturated rings. The van der Waals surface area contributed by atoms with Crippen molar-refractivity contribution in [2.24, 2.45) is 0 Å². The first-order valence-corrected chi connectivity index (χ1v) is 6.64. The second kappa shape index (κ2) is 6.51. The van der Waals surface area contributed by atoms with E-state index in [1.54, 1.807) is 15.8 Å². The van der Waals surface area contributed by atoms with E-state index >= 15 is 0 Å². The molecule has 0 spiro atoms. The van der Waals surface area contributed by atoms with Crippen LogP contribution in [0.5, 0.6) is 0 Å². The van der Waals surface area contributed by atoms with E-state index in [0.717, 1.165) is 5.56 Å². The normalized spacial score (nSPS) is 19.1. The van der Waals surface area contributed by atoms with Crippen molar-refractivity contribution in [3.8, 4) is 0 Å². The molecule has 7 heteroatoms. The zero-order chi connectivity index (χ0) is 14.5. The molecule has 20 heavy (non-hydrogen) atoms. The molecule has 110 valence electrons. The van der Waals surface area contributed by atoms with Crippen LogP contribution in [0, 0.1) is 6.92 Å². The van der Waals surface area contributed by atoms with Crippen molar-refractivity contribution >= 4 is 11.9 Å². The molecule has 0 unspecified atom stereocenters. The fourth-order valence-corrected chi connectivity index (χ4v) is 2.30. The Hall–Kier alpha value is -1.89. The lowest BCUT2D eigenvalue weighted by atomic mass is 10.1. The summed E-state index contributed by atoms with van der Waals surface area (Å²) >= 11 is 0. The lowest BCUT2D eigenvalue weighted by molar-refractivity contribution is -0.146. The zero-order valence-corrected chi connectivity index (χ0v) is 11.5. The summed E-state index contributed by atoms with van der Waals surface area (Å²) in [5.41, 5.74) is 1.05. The molecule has 1 aromatic rings. The van der Waals surface area contributed by atoms with Gasteiger partial charge in [-0.25, -0.2) is 0 Å². The van der Waals surface area contributed by atoms with Crippen LogP contribution in [-0.2, 0) is 20.9 Å². The molecule has 0 aromatic carbocycles. The second-order valence-electron chi connectivity index (χ2n) is 4.94. The van der Waals surface area contributed by atoms with Gasteiger partial charge in [0.15, 0.2) is 0 Å². The Morgan fingerprint density at radius 1 is 1.55 bits per heavy atom. The maximum absolute atomic E-state index is 12.2. The van der Waals surface area contributed by atoms with E-state index in [4.69, 9.17) is 9.84 Å². The lowest BCUT2D eigenvalue weighted by Crippen LogP contribution is -2.49. The van der Waals surface area contributed by atoms with Crippen molar-refractivity contribution in [2.45, 2.75) is 32.4 Å². The molecule has 1 amide bonds. The van der Waals surface area contributed by atoms with Gasteiger partial charge in [0.05, 0.1) is 31.9 Å². The van der Waals surface area contributed by atoms with Gasteiger partial charge < -0.3 is 14.7 Å². The lowest BCUT2D eigenvalue weighted by Gasteiger charge is -2.34. The highest BCUT2D eigenvalue weighted by Crippen LogP contribution is 2.12. The molecule has 1 aromatic heterocycles. The number of morpholine rings is 1. The molecule has 1 saturated heterocycles. The summed E-state index contributed by atoms with van der Waals surface area (Å²) in [6.07, 6.45) is 3.86. The average molecular weight is 281 g/mol. The second-order valence-corrected chi connectivity index (χ2v) is 4.94. The van der Waals surface area contributed by atoms with Crippen molar-refractivity contribution in [1.29, 1.82) is 0 Å². The van der Waals surface area contributed by atoms with Gasteiger partial charge in [0.2, 0.25) is 5.91 Å². The van der Waals surface area contributed by atoms with Gasteiger partial charge in [0, 0.05) is 25.7 Å². The minimum atomic E-state index is -0.916. The van der Waals surface area contributed by atoms with Gasteiger partial charge in [-0.2, -0.15) is 5.10 Å². The number of aryl methyl sites for hydroxylation is 2. The predicted octanol–water partition coefficient (Wildman–Crippen LogP) is 0.284. The van der Waals surface area contributed by atoms with Crippen LogP contribution >= 0.6 is 0 Å². The number of hydrogen-bond acceptors (Lipinski definition) is 4. The Morgan fingerprint density at radius 3 is 3.00 bits per heavy atom. The summed E-state index contributed by atoms with van der Waals surface area (Å²) in [5, 5.41) is 13.0. The van der Waals surface area contributed by atoms with Crippen LogP contribution in [0.4, 0.5) is 0 Å². The van der Waals surface area contributed by atoms with Gasteiger partial charge in [-0.1, -0.05) is 0 Å². The number of carbonyl (C=O) groups excluding carboxylic acids is 1. The Kier molecular flexibility index (Phi) is 4.73. The Labute approximate surface area is 117 Å². The van der Waals surface area contributed by atoms with Crippen molar-refractivity contribution in [1.82, 2.24) is 14.7 Å². The summed E-state index contributed by atoms with van der Waals surface area (Å²) in [6, 6.07) is -0.367. The highest BCUT2D eigenvalue weighted by molar-refractivity contribution is 5.77. The third-order valence-corrected chi connectivity index (χ3v) is 3.28. The maximum Gasteiger partial charge on any atom is 0.305 e. The van der Waals surface area contributed by atoms with Crippen molar-refractivity contribution in [3.05, 3.63) is 18.0 Å². The Morgan fingerprint density at radius 2 is 2.35 bits per heavy atom. The quantitative estimate of drug-likeness (QED) is 0.838. The van der Waals surface area contributed by atoms with Crippen molar-refractivity contribution in [3.63, 3.8) is 0 Å². The van der Waals surface area contributed by atoms with Gasteiger partial charge in [0.1, 0.15) is 0 Å². The summed E-state index contributed by atoms with van der Waals surface area (Å²) in [6.45, 7) is 3.65. The first kappa shape index (κ1) is 14.5. The number of carboxylic acids is 1. The average Bonchev–Trinajstić information content (AvgIpc) is 2.82.